The first-order valence-electron chi connectivity index (χ1n) is 6.70. The van der Waals surface area contributed by atoms with Crippen LogP contribution in [0.4, 0.5) is 10.2 Å². The molecule has 0 bridgehead atoms. The summed E-state index contributed by atoms with van der Waals surface area (Å²) in [4.78, 5) is 17.4. The number of pyridine rings is 1. The van der Waals surface area contributed by atoms with Crippen LogP contribution in [-0.2, 0) is 0 Å². The molecule has 1 unspecified atom stereocenters. The van der Waals surface area contributed by atoms with Crippen LogP contribution in [-0.4, -0.2) is 17.9 Å². The van der Waals surface area contributed by atoms with Gasteiger partial charge in [0.2, 0.25) is 0 Å². The van der Waals surface area contributed by atoms with Gasteiger partial charge in [0.1, 0.15) is 11.6 Å². The Morgan fingerprint density at radius 3 is 2.76 bits per heavy atom. The molecule has 1 atom stereocenters. The molecule has 2 aromatic rings. The molecule has 0 aliphatic heterocycles. The van der Waals surface area contributed by atoms with E-state index in [-0.39, 0.29) is 23.4 Å². The van der Waals surface area contributed by atoms with Crippen LogP contribution < -0.4 is 10.6 Å². The summed E-state index contributed by atoms with van der Waals surface area (Å²) in [5, 5.41) is 7.74. The van der Waals surface area contributed by atoms with Crippen molar-refractivity contribution in [3.05, 3.63) is 46.0 Å². The van der Waals surface area contributed by atoms with Crippen LogP contribution in [0.5, 0.6) is 0 Å². The average molecular weight is 307 g/mol. The number of thiophene rings is 1. The highest BCUT2D eigenvalue weighted by Crippen LogP contribution is 2.26. The van der Waals surface area contributed by atoms with Gasteiger partial charge in [0, 0.05) is 11.9 Å². The molecule has 0 radical (unpaired) electrons. The third kappa shape index (κ3) is 3.58. The van der Waals surface area contributed by atoms with E-state index in [4.69, 9.17) is 0 Å². The number of aromatic nitrogens is 1. The molecule has 0 fully saturated rings. The monoisotopic (exact) mass is 307 g/mol. The summed E-state index contributed by atoms with van der Waals surface area (Å²) in [6, 6.07) is 5.02. The van der Waals surface area contributed by atoms with E-state index in [9.17, 15) is 9.18 Å². The second-order valence-corrected chi connectivity index (χ2v) is 5.99. The molecule has 2 N–H and O–H groups in total. The summed E-state index contributed by atoms with van der Waals surface area (Å²) in [5.41, 5.74) is 0.208. The second-order valence-electron chi connectivity index (χ2n) is 5.01. The van der Waals surface area contributed by atoms with Crippen molar-refractivity contribution in [3.63, 3.8) is 0 Å². The molecule has 0 saturated heterocycles. The number of carbonyl (C=O) groups is 1. The van der Waals surface area contributed by atoms with E-state index in [0.29, 0.717) is 5.82 Å². The third-order valence-electron chi connectivity index (χ3n) is 3.14. The Balaban J connectivity index is 2.26. The number of anilines is 1. The molecular formula is C15H18FN3OS. The first kappa shape index (κ1) is 15.4. The van der Waals surface area contributed by atoms with Gasteiger partial charge in [-0.1, -0.05) is 19.9 Å². The quantitative estimate of drug-likeness (QED) is 0.889. The van der Waals surface area contributed by atoms with Crippen LogP contribution in [0.25, 0.3) is 0 Å². The van der Waals surface area contributed by atoms with E-state index in [2.05, 4.69) is 15.6 Å². The summed E-state index contributed by atoms with van der Waals surface area (Å²) < 4.78 is 13.3. The van der Waals surface area contributed by atoms with Gasteiger partial charge in [0.25, 0.3) is 5.91 Å². The topological polar surface area (TPSA) is 54.0 Å². The van der Waals surface area contributed by atoms with Crippen LogP contribution in [0, 0.1) is 11.7 Å². The maximum atomic E-state index is 13.3. The summed E-state index contributed by atoms with van der Waals surface area (Å²) in [5.74, 6) is -0.274. The molecule has 0 aliphatic carbocycles. The van der Waals surface area contributed by atoms with Gasteiger partial charge in [-0.25, -0.2) is 9.37 Å². The fourth-order valence-corrected chi connectivity index (χ4v) is 3.01. The Morgan fingerprint density at radius 1 is 1.43 bits per heavy atom. The second kappa shape index (κ2) is 6.67. The van der Waals surface area contributed by atoms with Gasteiger partial charge in [-0.15, -0.1) is 11.3 Å². The first-order valence-corrected chi connectivity index (χ1v) is 7.58. The molecular weight excluding hydrogens is 289 g/mol. The Morgan fingerprint density at radius 2 is 2.19 bits per heavy atom. The van der Waals surface area contributed by atoms with Gasteiger partial charge >= 0.3 is 0 Å². The molecule has 21 heavy (non-hydrogen) atoms. The van der Waals surface area contributed by atoms with Gasteiger partial charge in [-0.3, -0.25) is 4.79 Å². The molecule has 2 aromatic heterocycles. The van der Waals surface area contributed by atoms with E-state index in [1.54, 1.807) is 18.4 Å². The number of nitrogens with zero attached hydrogens (tertiary/aromatic N) is 1. The lowest BCUT2D eigenvalue weighted by Gasteiger charge is -2.21. The highest BCUT2D eigenvalue weighted by Gasteiger charge is 2.22. The lowest BCUT2D eigenvalue weighted by atomic mass is 10.0. The fourth-order valence-electron chi connectivity index (χ4n) is 2.07. The highest BCUT2D eigenvalue weighted by atomic mass is 32.1. The van der Waals surface area contributed by atoms with Gasteiger partial charge in [0.15, 0.2) is 0 Å². The number of amides is 1. The van der Waals surface area contributed by atoms with Crippen molar-refractivity contribution in [1.82, 2.24) is 10.3 Å². The third-order valence-corrected chi connectivity index (χ3v) is 4.09. The van der Waals surface area contributed by atoms with E-state index in [1.165, 1.54) is 6.07 Å². The molecule has 0 aliphatic rings. The lowest BCUT2D eigenvalue weighted by Crippen LogP contribution is -2.32. The predicted molar refractivity (Wildman–Crippen MR) is 83.1 cm³/mol. The maximum absolute atomic E-state index is 13.3. The average Bonchev–Trinajstić information content (AvgIpc) is 2.97. The van der Waals surface area contributed by atoms with Gasteiger partial charge in [-0.2, -0.15) is 0 Å². The number of rotatable bonds is 5. The van der Waals surface area contributed by atoms with Crippen molar-refractivity contribution in [2.45, 2.75) is 19.9 Å². The van der Waals surface area contributed by atoms with Crippen molar-refractivity contribution in [3.8, 4) is 0 Å². The highest BCUT2D eigenvalue weighted by molar-refractivity contribution is 7.10. The van der Waals surface area contributed by atoms with E-state index >= 15 is 0 Å². The molecule has 2 rings (SSSR count). The predicted octanol–water partition coefficient (Wildman–Crippen LogP) is 3.45. The molecule has 6 heteroatoms. The van der Waals surface area contributed by atoms with Crippen molar-refractivity contribution in [2.75, 3.05) is 12.4 Å². The number of nitrogens with one attached hydrogen (secondary N) is 2. The Kier molecular flexibility index (Phi) is 4.90. The Bertz CT molecular complexity index is 613. The van der Waals surface area contributed by atoms with Crippen LogP contribution in [0.1, 0.15) is 35.1 Å². The smallest absolute Gasteiger partial charge is 0.255 e. The van der Waals surface area contributed by atoms with E-state index in [1.807, 2.05) is 31.4 Å². The number of carbonyl (C=O) groups excluding carboxylic acids is 1. The minimum Gasteiger partial charge on any atom is -0.372 e. The maximum Gasteiger partial charge on any atom is 0.255 e. The minimum atomic E-state index is -0.531. The number of hydrogen-bond donors (Lipinski definition) is 2. The standard InChI is InChI=1S/C15H18FN3OS/c1-9(2)13(12-5-4-6-21-12)19-15(20)11-7-10(16)8-18-14(11)17-3/h4-9,13H,1-3H3,(H,17,18)(H,19,20). The van der Waals surface area contributed by atoms with Crippen LogP contribution in [0.2, 0.25) is 0 Å². The van der Waals surface area contributed by atoms with Crippen LogP contribution in [0.3, 0.4) is 0 Å². The van der Waals surface area contributed by atoms with Crippen LogP contribution in [0.15, 0.2) is 29.8 Å². The Hall–Kier alpha value is -1.95. The fraction of sp³-hybridized carbons (Fsp3) is 0.333. The first-order chi connectivity index (χ1) is 10.0. The molecule has 2 heterocycles. The summed E-state index contributed by atoms with van der Waals surface area (Å²) in [6.45, 7) is 4.07. The zero-order valence-corrected chi connectivity index (χ0v) is 13.0. The largest absolute Gasteiger partial charge is 0.372 e. The molecule has 0 saturated carbocycles. The van der Waals surface area contributed by atoms with Gasteiger partial charge < -0.3 is 10.6 Å². The summed E-state index contributed by atoms with van der Waals surface area (Å²) in [6.07, 6.45) is 1.09. The van der Waals surface area contributed by atoms with Gasteiger partial charge in [0.05, 0.1) is 17.8 Å². The van der Waals surface area contributed by atoms with Crippen molar-refractivity contribution in [2.24, 2.45) is 5.92 Å². The SMILES string of the molecule is CNc1ncc(F)cc1C(=O)NC(c1cccs1)C(C)C. The molecule has 1 amide bonds. The number of hydrogen-bond acceptors (Lipinski definition) is 4. The molecule has 0 aromatic carbocycles. The molecule has 4 nitrogen and oxygen atoms in total. The summed E-state index contributed by atoms with van der Waals surface area (Å²) in [7, 11) is 1.65. The van der Waals surface area contributed by atoms with Crippen molar-refractivity contribution < 1.29 is 9.18 Å². The normalized spacial score (nSPS) is 12.2. The van der Waals surface area contributed by atoms with E-state index in [0.717, 1.165) is 11.1 Å². The zero-order valence-electron chi connectivity index (χ0n) is 12.2. The lowest BCUT2D eigenvalue weighted by molar-refractivity contribution is 0.0926. The summed E-state index contributed by atoms with van der Waals surface area (Å²) >= 11 is 1.59. The Labute approximate surface area is 127 Å². The van der Waals surface area contributed by atoms with Crippen molar-refractivity contribution >= 4 is 23.1 Å². The van der Waals surface area contributed by atoms with Crippen LogP contribution >= 0.6 is 11.3 Å². The molecule has 112 valence electrons. The van der Waals surface area contributed by atoms with Gasteiger partial charge in [-0.05, 0) is 23.4 Å². The molecule has 0 spiro atoms. The zero-order chi connectivity index (χ0) is 15.4. The number of halogens is 1. The van der Waals surface area contributed by atoms with Crippen molar-refractivity contribution in [1.29, 1.82) is 0 Å². The minimum absolute atomic E-state index is 0.106. The van der Waals surface area contributed by atoms with E-state index < -0.39 is 5.82 Å².